The third-order valence-electron chi connectivity index (χ3n) is 12.8. The second-order valence-electron chi connectivity index (χ2n) is 15.7. The van der Waals surface area contributed by atoms with E-state index in [-0.39, 0.29) is 88.4 Å². The molecule has 2 aromatic carbocycles. The normalized spacial score (nSPS) is 37.0. The predicted octanol–water partition coefficient (Wildman–Crippen LogP) is 4.60. The zero-order chi connectivity index (χ0) is 31.5. The molecule has 7 nitrogen and oxygen atoms in total. The summed E-state index contributed by atoms with van der Waals surface area (Å²) in [6.45, 7) is 9.18. The Balaban J connectivity index is 1.18. The molecule has 5 saturated carbocycles. The van der Waals surface area contributed by atoms with Crippen LogP contribution in [-0.2, 0) is 32.1 Å². The lowest BCUT2D eigenvalue weighted by Crippen LogP contribution is -2.71. The average Bonchev–Trinajstić information content (AvgIpc) is 3.85. The fourth-order valence-corrected chi connectivity index (χ4v) is 26.8. The summed E-state index contributed by atoms with van der Waals surface area (Å²) in [6.07, 6.45) is 3.77. The summed E-state index contributed by atoms with van der Waals surface area (Å²) in [5.74, 6) is -0.469. The molecule has 0 spiro atoms. The van der Waals surface area contributed by atoms with Crippen LogP contribution in [0.15, 0.2) is 60.7 Å². The maximum absolute atomic E-state index is 13.1. The molecule has 236 valence electrons. The van der Waals surface area contributed by atoms with E-state index in [1.807, 2.05) is 12.1 Å². The molecule has 2 aromatic rings. The minimum Gasteiger partial charge on any atom is -0.430 e. The third kappa shape index (κ3) is 4.38. The van der Waals surface area contributed by atoms with E-state index in [0.29, 0.717) is 0 Å². The number of ketones is 2. The zero-order valence-electron chi connectivity index (χ0n) is 26.4. The Kier molecular flexibility index (Phi) is 6.80. The van der Waals surface area contributed by atoms with Crippen molar-refractivity contribution in [2.45, 2.75) is 69.4 Å². The second kappa shape index (κ2) is 10.2. The molecule has 1 saturated heterocycles. The average molecular weight is 659 g/mol. The lowest BCUT2D eigenvalue weighted by atomic mass is 9.81. The molecule has 10 atom stereocenters. The Labute approximate surface area is 267 Å². The summed E-state index contributed by atoms with van der Waals surface area (Å²) in [4.78, 5) is 51.2. The van der Waals surface area contributed by atoms with Crippen molar-refractivity contribution >= 4 is 59.1 Å². The minimum absolute atomic E-state index is 0.0767. The predicted molar refractivity (Wildman–Crippen MR) is 175 cm³/mol. The standard InChI is InChI=1S/C35H42O7Si3/c1-43(2,28-17-20-15-24(28)32-27(37)19-26(36)30(20)32)41-45(22-11-7-5-8-12-22,23-13-9-6-10-14-23)42-44(3,4)29-18-21-16-25(29)33-31(21)34(38)40-35(33)39/h5-14,20-21,24-25,28-33H,15-19H2,1-4H3. The van der Waals surface area contributed by atoms with E-state index < -0.39 is 25.2 Å². The van der Waals surface area contributed by atoms with Crippen LogP contribution >= 0.6 is 0 Å². The van der Waals surface area contributed by atoms with Crippen LogP contribution in [0.2, 0.25) is 37.3 Å². The third-order valence-corrected chi connectivity index (χ3v) is 26.3. The number of esters is 2. The van der Waals surface area contributed by atoms with Crippen LogP contribution in [0.5, 0.6) is 0 Å². The number of hydrogen-bond acceptors (Lipinski definition) is 7. The van der Waals surface area contributed by atoms with Gasteiger partial charge in [-0.25, -0.2) is 0 Å². The first kappa shape index (κ1) is 29.9. The smallest absolute Gasteiger partial charge is 0.386 e. The molecule has 45 heavy (non-hydrogen) atoms. The highest BCUT2D eigenvalue weighted by Crippen LogP contribution is 2.65. The molecule has 6 fully saturated rings. The molecule has 8 rings (SSSR count). The first-order valence-electron chi connectivity index (χ1n) is 16.7. The van der Waals surface area contributed by atoms with Crippen LogP contribution in [0.4, 0.5) is 0 Å². The Morgan fingerprint density at radius 3 is 1.56 bits per heavy atom. The molecule has 5 aliphatic carbocycles. The number of rotatable bonds is 8. The van der Waals surface area contributed by atoms with E-state index in [4.69, 9.17) is 13.0 Å². The lowest BCUT2D eigenvalue weighted by Gasteiger charge is -2.49. The quantitative estimate of drug-likeness (QED) is 0.233. The van der Waals surface area contributed by atoms with Gasteiger partial charge in [0, 0.05) is 11.8 Å². The van der Waals surface area contributed by atoms with Crippen molar-refractivity contribution in [3.8, 4) is 0 Å². The summed E-state index contributed by atoms with van der Waals surface area (Å²) in [7, 11) is -8.50. The van der Waals surface area contributed by atoms with E-state index in [2.05, 4.69) is 74.7 Å². The fourth-order valence-electron chi connectivity index (χ4n) is 11.2. The van der Waals surface area contributed by atoms with Gasteiger partial charge in [0.1, 0.15) is 11.6 Å². The molecule has 6 aliphatic rings. The van der Waals surface area contributed by atoms with Gasteiger partial charge in [-0.15, -0.1) is 0 Å². The Morgan fingerprint density at radius 1 is 0.578 bits per heavy atom. The highest BCUT2D eigenvalue weighted by molar-refractivity contribution is 7.02. The Bertz CT molecular complexity index is 1460. The lowest BCUT2D eigenvalue weighted by molar-refractivity contribution is -0.154. The highest BCUT2D eigenvalue weighted by atomic mass is 28.5. The van der Waals surface area contributed by atoms with E-state index >= 15 is 0 Å². The van der Waals surface area contributed by atoms with E-state index in [1.54, 1.807) is 0 Å². The van der Waals surface area contributed by atoms with Gasteiger partial charge in [0.05, 0.1) is 18.3 Å². The maximum atomic E-state index is 13.1. The van der Waals surface area contributed by atoms with Crippen molar-refractivity contribution in [1.82, 2.24) is 0 Å². The van der Waals surface area contributed by atoms with Crippen LogP contribution in [0.3, 0.4) is 0 Å². The van der Waals surface area contributed by atoms with Crippen LogP contribution in [-0.4, -0.2) is 48.7 Å². The van der Waals surface area contributed by atoms with Crippen molar-refractivity contribution in [1.29, 1.82) is 0 Å². The fraction of sp³-hybridized carbons (Fsp3) is 0.543. The molecule has 10 heteroatoms. The number of carbonyl (C=O) groups excluding carboxylic acids is 4. The van der Waals surface area contributed by atoms with Gasteiger partial charge >= 0.3 is 20.5 Å². The van der Waals surface area contributed by atoms with Crippen LogP contribution < -0.4 is 10.4 Å². The summed E-state index contributed by atoms with van der Waals surface area (Å²) < 4.78 is 20.7. The molecule has 1 heterocycles. The highest BCUT2D eigenvalue weighted by Gasteiger charge is 2.68. The molecule has 0 N–H and O–H groups in total. The zero-order valence-corrected chi connectivity index (χ0v) is 29.4. The second-order valence-corrected chi connectivity index (χ2v) is 27.6. The van der Waals surface area contributed by atoms with Gasteiger partial charge in [-0.3, -0.25) is 19.2 Å². The van der Waals surface area contributed by atoms with Crippen molar-refractivity contribution < 1.29 is 32.1 Å². The number of cyclic esters (lactones) is 2. The van der Waals surface area contributed by atoms with Crippen molar-refractivity contribution in [3.63, 3.8) is 0 Å². The first-order chi connectivity index (χ1) is 21.4. The van der Waals surface area contributed by atoms with Crippen molar-refractivity contribution in [3.05, 3.63) is 60.7 Å². The largest absolute Gasteiger partial charge is 0.430 e. The summed E-state index contributed by atoms with van der Waals surface area (Å²) in [5, 5.41) is 2.14. The molecule has 4 bridgehead atoms. The van der Waals surface area contributed by atoms with E-state index in [1.165, 1.54) is 0 Å². The van der Waals surface area contributed by atoms with Crippen LogP contribution in [0.25, 0.3) is 0 Å². The van der Waals surface area contributed by atoms with Crippen LogP contribution in [0, 0.1) is 47.3 Å². The minimum atomic E-state index is -3.35. The van der Waals surface area contributed by atoms with Gasteiger partial charge in [-0.1, -0.05) is 60.7 Å². The van der Waals surface area contributed by atoms with Gasteiger partial charge in [0.25, 0.3) is 0 Å². The molecule has 1 aliphatic heterocycles. The maximum Gasteiger partial charge on any atom is 0.386 e. The Morgan fingerprint density at radius 2 is 1.02 bits per heavy atom. The number of Topliss-reactive ketones (excluding diaryl/α,β-unsaturated/α-hetero) is 2. The van der Waals surface area contributed by atoms with E-state index in [0.717, 1.165) is 36.1 Å². The van der Waals surface area contributed by atoms with E-state index in [9.17, 15) is 19.2 Å². The molecular weight excluding hydrogens is 617 g/mol. The topological polar surface area (TPSA) is 96.0 Å². The number of carbonyl (C=O) groups is 4. The summed E-state index contributed by atoms with van der Waals surface area (Å²) in [5.41, 5.74) is 0.481. The van der Waals surface area contributed by atoms with Crippen LogP contribution in [0.1, 0.15) is 32.1 Å². The Hall–Kier alpha value is -2.51. The molecular formula is C35H42O7Si3. The van der Waals surface area contributed by atoms with Gasteiger partial charge in [-0.2, -0.15) is 0 Å². The van der Waals surface area contributed by atoms with Crippen molar-refractivity contribution in [2.24, 2.45) is 47.3 Å². The SMILES string of the molecule is C[Si](C)(O[Si](O[Si](C)(C)C1CC2CC1C1C(=O)OC(=O)C21)(c1ccccc1)c1ccccc1)C1CC2CC1C1C(=O)CC(=O)C21. The number of hydrogen-bond donors (Lipinski definition) is 0. The molecule has 0 radical (unpaired) electrons. The van der Waals surface area contributed by atoms with Crippen molar-refractivity contribution in [2.75, 3.05) is 0 Å². The van der Waals surface area contributed by atoms with Gasteiger partial charge in [0.2, 0.25) is 0 Å². The summed E-state index contributed by atoms with van der Waals surface area (Å²) >= 11 is 0. The first-order valence-corrected chi connectivity index (χ1v) is 24.5. The summed E-state index contributed by atoms with van der Waals surface area (Å²) in [6, 6.07) is 20.9. The van der Waals surface area contributed by atoms with Gasteiger partial charge < -0.3 is 13.0 Å². The number of benzene rings is 2. The molecule has 0 amide bonds. The molecule has 0 aromatic heterocycles. The molecule has 10 unspecified atom stereocenters. The van der Waals surface area contributed by atoms with Gasteiger partial charge in [0.15, 0.2) is 16.6 Å². The number of ether oxygens (including phenoxy) is 1. The van der Waals surface area contributed by atoms with Gasteiger partial charge in [-0.05, 0) is 97.0 Å². The monoisotopic (exact) mass is 658 g/mol. The number of fused-ring (bicyclic) bond motifs is 10.